The van der Waals surface area contributed by atoms with Gasteiger partial charge in [0.05, 0.1) is 8.07 Å². The van der Waals surface area contributed by atoms with Crippen molar-refractivity contribution in [3.8, 4) is 5.75 Å². The van der Waals surface area contributed by atoms with Crippen molar-refractivity contribution in [3.05, 3.63) is 60.2 Å². The van der Waals surface area contributed by atoms with Gasteiger partial charge in [0.15, 0.2) is 0 Å². The van der Waals surface area contributed by atoms with Crippen LogP contribution in [0.3, 0.4) is 0 Å². The van der Waals surface area contributed by atoms with E-state index in [0.717, 1.165) is 30.2 Å². The first kappa shape index (κ1) is 28.2. The fourth-order valence-electron chi connectivity index (χ4n) is 6.75. The Hall–Kier alpha value is -1.80. The lowest BCUT2D eigenvalue weighted by Gasteiger charge is -2.43. The summed E-state index contributed by atoms with van der Waals surface area (Å²) in [5.41, 5.74) is -4.38. The highest BCUT2D eigenvalue weighted by Gasteiger charge is 2.48. The van der Waals surface area contributed by atoms with E-state index in [9.17, 15) is 21.6 Å². The molecule has 1 heterocycles. The minimum atomic E-state index is -5.64. The number of hydrogen-bond donors (Lipinski definition) is 0. The number of unbranched alkanes of at least 4 members (excludes halogenated alkanes) is 2. The van der Waals surface area contributed by atoms with Crippen molar-refractivity contribution in [2.75, 3.05) is 0 Å². The number of benzene rings is 2. The molecule has 2 aromatic carbocycles. The fourth-order valence-corrected chi connectivity index (χ4v) is 12.5. The lowest BCUT2D eigenvalue weighted by molar-refractivity contribution is -0.0500. The van der Waals surface area contributed by atoms with Gasteiger partial charge in [0, 0.05) is 0 Å². The van der Waals surface area contributed by atoms with Crippen molar-refractivity contribution in [1.82, 2.24) is 0 Å². The quantitative estimate of drug-likeness (QED) is 0.136. The molecule has 0 aromatic heterocycles. The Bertz CT molecular complexity index is 1090. The zero-order chi connectivity index (χ0) is 26.5. The molecule has 0 unspecified atom stereocenters. The van der Waals surface area contributed by atoms with Crippen LogP contribution in [0.15, 0.2) is 54.6 Å². The predicted molar refractivity (Wildman–Crippen MR) is 145 cm³/mol. The summed E-state index contributed by atoms with van der Waals surface area (Å²) in [6, 6.07) is 21.7. The highest BCUT2D eigenvalue weighted by atomic mass is 32.2. The molecular weight excluding hydrogens is 513 g/mol. The topological polar surface area (TPSA) is 43.4 Å². The Balaban J connectivity index is 1.31. The predicted octanol–water partition coefficient (Wildman–Crippen LogP) is 8.15. The fraction of sp³-hybridized carbons (Fsp3) is 0.586. The summed E-state index contributed by atoms with van der Waals surface area (Å²) in [6.45, 7) is 2.28. The second kappa shape index (κ2) is 11.9. The van der Waals surface area contributed by atoms with Crippen molar-refractivity contribution >= 4 is 23.4 Å². The maximum Gasteiger partial charge on any atom is 0.534 e. The van der Waals surface area contributed by atoms with Crippen molar-refractivity contribution in [3.63, 3.8) is 0 Å². The maximum atomic E-state index is 12.6. The average molecular weight is 553 g/mol. The zero-order valence-electron chi connectivity index (χ0n) is 21.7. The van der Waals surface area contributed by atoms with Crippen LogP contribution >= 0.6 is 0 Å². The van der Waals surface area contributed by atoms with E-state index in [0.29, 0.717) is 5.92 Å². The largest absolute Gasteiger partial charge is 0.534 e. The second-order valence-corrected chi connectivity index (χ2v) is 17.3. The van der Waals surface area contributed by atoms with Gasteiger partial charge in [-0.2, -0.15) is 21.6 Å². The Labute approximate surface area is 221 Å². The van der Waals surface area contributed by atoms with Crippen LogP contribution in [0.1, 0.15) is 76.2 Å². The third kappa shape index (κ3) is 6.80. The van der Waals surface area contributed by atoms with E-state index < -0.39 is 23.7 Å². The van der Waals surface area contributed by atoms with Gasteiger partial charge in [-0.1, -0.05) is 105 Å². The molecule has 0 radical (unpaired) electrons. The van der Waals surface area contributed by atoms with Gasteiger partial charge < -0.3 is 4.18 Å². The van der Waals surface area contributed by atoms with Gasteiger partial charge in [0.1, 0.15) is 5.75 Å². The molecule has 2 aliphatic rings. The molecule has 1 aliphatic heterocycles. The summed E-state index contributed by atoms with van der Waals surface area (Å²) in [5.74, 6) is 1.62. The molecule has 1 aliphatic carbocycles. The van der Waals surface area contributed by atoms with E-state index in [1.54, 1.807) is 17.3 Å². The van der Waals surface area contributed by atoms with Crippen LogP contribution in [0.25, 0.3) is 0 Å². The molecule has 0 atom stereocenters. The van der Waals surface area contributed by atoms with Gasteiger partial charge in [-0.25, -0.2) is 0 Å². The van der Waals surface area contributed by atoms with Gasteiger partial charge in [0.25, 0.3) is 0 Å². The van der Waals surface area contributed by atoms with E-state index >= 15 is 0 Å². The minimum Gasteiger partial charge on any atom is -0.376 e. The van der Waals surface area contributed by atoms with Gasteiger partial charge in [-0.05, 0) is 61.1 Å². The molecule has 4 rings (SSSR count). The smallest absolute Gasteiger partial charge is 0.376 e. The van der Waals surface area contributed by atoms with Crippen LogP contribution in [0, 0.1) is 11.8 Å². The molecule has 2 aromatic rings. The van der Waals surface area contributed by atoms with Gasteiger partial charge in [0.2, 0.25) is 0 Å². The second-order valence-electron chi connectivity index (χ2n) is 11.1. The Kier molecular flexibility index (Phi) is 9.10. The summed E-state index contributed by atoms with van der Waals surface area (Å²) >= 11 is 0. The van der Waals surface area contributed by atoms with Crippen LogP contribution < -0.4 is 9.37 Å². The summed E-state index contributed by atoms with van der Waals surface area (Å²) in [7, 11) is -7.07. The lowest BCUT2D eigenvalue weighted by atomic mass is 9.72. The number of alkyl halides is 3. The van der Waals surface area contributed by atoms with Crippen LogP contribution in [0.5, 0.6) is 5.75 Å². The normalized spacial score (nSPS) is 27.1. The zero-order valence-corrected chi connectivity index (χ0v) is 23.5. The van der Waals surface area contributed by atoms with E-state index in [-0.39, 0.29) is 5.75 Å². The molecule has 0 bridgehead atoms. The Morgan fingerprint density at radius 1 is 0.838 bits per heavy atom. The standard InChI is InChI=1S/C29H39F3O3SSi/c1-2-3-7-20-37(28-8-5-4-6-9-28)21-18-26(19-22-37)24-12-10-23(11-13-24)25-14-16-27(17-15-25)35-36(33,34)29(30,31)32/h4-6,8-9,14-17,23-24,26H,2-3,7,10-13,18-22H2,1H3/t23?,24?,26-,37-. The van der Waals surface area contributed by atoms with Gasteiger partial charge in [-0.3, -0.25) is 0 Å². The number of hydrogen-bond acceptors (Lipinski definition) is 3. The molecule has 0 spiro atoms. The molecule has 3 nitrogen and oxygen atoms in total. The third-order valence-electron chi connectivity index (χ3n) is 8.91. The number of halogens is 3. The van der Waals surface area contributed by atoms with E-state index in [1.807, 2.05) is 0 Å². The summed E-state index contributed by atoms with van der Waals surface area (Å²) in [6.07, 6.45) is 11.2. The first-order valence-electron chi connectivity index (χ1n) is 13.8. The summed E-state index contributed by atoms with van der Waals surface area (Å²) in [4.78, 5) is 0. The Morgan fingerprint density at radius 2 is 1.43 bits per heavy atom. The summed E-state index contributed by atoms with van der Waals surface area (Å²) in [5, 5.41) is 1.66. The summed E-state index contributed by atoms with van der Waals surface area (Å²) < 4.78 is 64.4. The molecule has 0 amide bonds. The monoisotopic (exact) mass is 552 g/mol. The van der Waals surface area contributed by atoms with Crippen LogP contribution in [-0.4, -0.2) is 22.0 Å². The maximum absolute atomic E-state index is 12.6. The average Bonchev–Trinajstić information content (AvgIpc) is 2.89. The van der Waals surface area contributed by atoms with E-state index in [1.165, 1.54) is 75.2 Å². The van der Waals surface area contributed by atoms with Crippen molar-refractivity contribution in [1.29, 1.82) is 0 Å². The molecule has 204 valence electrons. The van der Waals surface area contributed by atoms with E-state index in [2.05, 4.69) is 41.4 Å². The van der Waals surface area contributed by atoms with Crippen molar-refractivity contribution < 1.29 is 25.8 Å². The molecule has 0 N–H and O–H groups in total. The van der Waals surface area contributed by atoms with Crippen molar-refractivity contribution in [2.24, 2.45) is 11.8 Å². The van der Waals surface area contributed by atoms with Gasteiger partial charge >= 0.3 is 15.6 Å². The third-order valence-corrected chi connectivity index (χ3v) is 15.3. The molecule has 1 saturated carbocycles. The number of rotatable bonds is 9. The molecule has 8 heteroatoms. The Morgan fingerprint density at radius 3 is 2.00 bits per heavy atom. The van der Waals surface area contributed by atoms with Crippen LogP contribution in [0.2, 0.25) is 18.1 Å². The van der Waals surface area contributed by atoms with E-state index in [4.69, 9.17) is 0 Å². The minimum absolute atomic E-state index is 0.304. The molecule has 1 saturated heterocycles. The van der Waals surface area contributed by atoms with Crippen LogP contribution in [-0.2, 0) is 10.1 Å². The highest BCUT2D eigenvalue weighted by molar-refractivity contribution is 7.88. The molecular formula is C29H39F3O3SSi. The molecule has 2 fully saturated rings. The van der Waals surface area contributed by atoms with Crippen molar-refractivity contribution in [2.45, 2.75) is 94.3 Å². The first-order valence-corrected chi connectivity index (χ1v) is 17.8. The molecule has 37 heavy (non-hydrogen) atoms. The SMILES string of the molecule is CCCCC[Si@]1(c2ccccc2)CC[C@H](C2CCC(c3ccc(OS(=O)(=O)C(F)(F)F)cc3)CC2)CC1. The first-order chi connectivity index (χ1) is 17.6. The van der Waals surface area contributed by atoms with Crippen LogP contribution in [0.4, 0.5) is 13.2 Å². The highest BCUT2D eigenvalue weighted by Crippen LogP contribution is 2.46. The van der Waals surface area contributed by atoms with Gasteiger partial charge in [-0.15, -0.1) is 0 Å². The lowest BCUT2D eigenvalue weighted by Crippen LogP contribution is -2.50.